The summed E-state index contributed by atoms with van der Waals surface area (Å²) >= 11 is 0. The summed E-state index contributed by atoms with van der Waals surface area (Å²) in [5.74, 6) is 1.89. The van der Waals surface area contributed by atoms with Gasteiger partial charge in [-0.1, -0.05) is 36.4 Å². The van der Waals surface area contributed by atoms with Crippen LogP contribution < -0.4 is 25.0 Å². The first kappa shape index (κ1) is 28.9. The van der Waals surface area contributed by atoms with Crippen molar-refractivity contribution in [2.24, 2.45) is 0 Å². The minimum atomic E-state index is -0.101. The highest BCUT2D eigenvalue weighted by atomic mass is 16.5. The lowest BCUT2D eigenvalue weighted by atomic mass is 9.87. The fraction of sp³-hybridized carbons (Fsp3) is 0.424. The Bertz CT molecular complexity index is 1280. The molecule has 41 heavy (non-hydrogen) atoms. The second kappa shape index (κ2) is 14.3. The first-order chi connectivity index (χ1) is 20.1. The zero-order valence-electron chi connectivity index (χ0n) is 24.1. The van der Waals surface area contributed by atoms with Crippen LogP contribution in [0.25, 0.3) is 0 Å². The number of hydrogen-bond acceptors (Lipinski definition) is 7. The van der Waals surface area contributed by atoms with Crippen LogP contribution in [0.1, 0.15) is 42.4 Å². The van der Waals surface area contributed by atoms with E-state index >= 15 is 0 Å². The molecule has 0 bridgehead atoms. The molecule has 0 aromatic heterocycles. The molecule has 0 spiro atoms. The van der Waals surface area contributed by atoms with Gasteiger partial charge in [0.15, 0.2) is 0 Å². The third-order valence-corrected chi connectivity index (χ3v) is 7.62. The van der Waals surface area contributed by atoms with Crippen LogP contribution in [-0.4, -0.2) is 58.5 Å². The monoisotopic (exact) mass is 559 g/mol. The summed E-state index contributed by atoms with van der Waals surface area (Å²) in [5, 5.41) is 6.30. The molecule has 0 aliphatic carbocycles. The normalized spacial score (nSPS) is 18.3. The number of nitrogens with one attached hydrogen (secondary N) is 2. The van der Waals surface area contributed by atoms with Crippen molar-refractivity contribution in [3.63, 3.8) is 0 Å². The lowest BCUT2D eigenvalue weighted by Gasteiger charge is -2.33. The van der Waals surface area contributed by atoms with E-state index in [1.807, 2.05) is 24.3 Å². The molecule has 8 nitrogen and oxygen atoms in total. The van der Waals surface area contributed by atoms with Gasteiger partial charge in [0.2, 0.25) is 5.91 Å². The molecule has 1 saturated heterocycles. The van der Waals surface area contributed by atoms with Crippen LogP contribution in [0.15, 0.2) is 66.7 Å². The molecule has 5 rings (SSSR count). The summed E-state index contributed by atoms with van der Waals surface area (Å²) in [4.78, 5) is 13.7. The second-order valence-corrected chi connectivity index (χ2v) is 10.7. The van der Waals surface area contributed by atoms with Crippen LogP contribution in [0.3, 0.4) is 0 Å². The molecule has 0 radical (unpaired) electrons. The molecule has 2 unspecified atom stereocenters. The van der Waals surface area contributed by atoms with Gasteiger partial charge in [-0.25, -0.2) is 0 Å². The summed E-state index contributed by atoms with van der Waals surface area (Å²) in [5.41, 5.74) is 5.41. The quantitative estimate of drug-likeness (QED) is 0.298. The fourth-order valence-corrected chi connectivity index (χ4v) is 5.52. The molecule has 2 atom stereocenters. The molecule has 0 saturated carbocycles. The van der Waals surface area contributed by atoms with Gasteiger partial charge in [-0.15, -0.1) is 0 Å². The van der Waals surface area contributed by atoms with Gasteiger partial charge in [0.05, 0.1) is 24.9 Å². The molecule has 3 aromatic rings. The van der Waals surface area contributed by atoms with Gasteiger partial charge in [-0.05, 0) is 60.3 Å². The Balaban J connectivity index is 1.18. The summed E-state index contributed by atoms with van der Waals surface area (Å²) in [6.07, 6.45) is 2.11. The van der Waals surface area contributed by atoms with Crippen molar-refractivity contribution in [3.8, 4) is 11.5 Å². The molecule has 1 amide bonds. The van der Waals surface area contributed by atoms with Crippen molar-refractivity contribution in [2.45, 2.75) is 45.0 Å². The van der Waals surface area contributed by atoms with Gasteiger partial charge in [0.1, 0.15) is 24.7 Å². The lowest BCUT2D eigenvalue weighted by molar-refractivity contribution is -0.114. The van der Waals surface area contributed by atoms with Crippen molar-refractivity contribution in [1.82, 2.24) is 5.32 Å². The Morgan fingerprint density at radius 1 is 1.07 bits per heavy atom. The smallest absolute Gasteiger partial charge is 0.221 e. The van der Waals surface area contributed by atoms with Gasteiger partial charge in [0, 0.05) is 51.4 Å². The molecule has 2 aliphatic rings. The predicted octanol–water partition coefficient (Wildman–Crippen LogP) is 5.12. The van der Waals surface area contributed by atoms with E-state index in [9.17, 15) is 4.79 Å². The highest BCUT2D eigenvalue weighted by Crippen LogP contribution is 2.34. The Kier molecular flexibility index (Phi) is 10.1. The first-order valence-electron chi connectivity index (χ1n) is 14.5. The second-order valence-electron chi connectivity index (χ2n) is 10.7. The van der Waals surface area contributed by atoms with Crippen molar-refractivity contribution in [2.75, 3.05) is 56.7 Å². The number of ether oxygens (including phenoxy) is 4. The van der Waals surface area contributed by atoms with E-state index in [0.717, 1.165) is 79.6 Å². The summed E-state index contributed by atoms with van der Waals surface area (Å²) < 4.78 is 23.7. The van der Waals surface area contributed by atoms with Crippen molar-refractivity contribution in [3.05, 3.63) is 83.4 Å². The molecule has 2 N–H and O–H groups in total. The predicted molar refractivity (Wildman–Crippen MR) is 161 cm³/mol. The summed E-state index contributed by atoms with van der Waals surface area (Å²) in [7, 11) is 1.75. The van der Waals surface area contributed by atoms with E-state index in [-0.39, 0.29) is 12.0 Å². The number of methoxy groups -OCH3 is 1. The highest BCUT2D eigenvalue weighted by molar-refractivity contribution is 5.88. The number of anilines is 2. The Labute approximate surface area is 242 Å². The summed E-state index contributed by atoms with van der Waals surface area (Å²) in [6, 6.07) is 22.5. The maximum atomic E-state index is 11.3. The van der Waals surface area contributed by atoms with Gasteiger partial charge in [-0.2, -0.15) is 0 Å². The largest absolute Gasteiger partial charge is 0.490 e. The average molecular weight is 560 g/mol. The lowest BCUT2D eigenvalue weighted by Crippen LogP contribution is -2.41. The molecule has 218 valence electrons. The number of piperidine rings is 1. The molecule has 1 fully saturated rings. The number of fused-ring (bicyclic) bond motifs is 1. The van der Waals surface area contributed by atoms with Crippen LogP contribution in [-0.2, 0) is 27.5 Å². The summed E-state index contributed by atoms with van der Waals surface area (Å²) in [6.45, 7) is 7.63. The van der Waals surface area contributed by atoms with Crippen LogP contribution in [0.5, 0.6) is 11.5 Å². The van der Waals surface area contributed by atoms with Gasteiger partial charge in [-0.3, -0.25) is 4.79 Å². The molecular weight excluding hydrogens is 518 g/mol. The zero-order chi connectivity index (χ0) is 28.4. The molecule has 2 heterocycles. The minimum Gasteiger partial charge on any atom is -0.490 e. The third-order valence-electron chi connectivity index (χ3n) is 7.62. The maximum Gasteiger partial charge on any atom is 0.221 e. The van der Waals surface area contributed by atoms with E-state index in [4.69, 9.17) is 18.9 Å². The average Bonchev–Trinajstić information content (AvgIpc) is 2.99. The Morgan fingerprint density at radius 3 is 2.76 bits per heavy atom. The van der Waals surface area contributed by atoms with Crippen molar-refractivity contribution < 1.29 is 23.7 Å². The fourth-order valence-electron chi connectivity index (χ4n) is 5.52. The standard InChI is InChI=1S/C33H41N3O5/c1-24(37)35-28-5-3-6-29(20-28)40-22-25-7-10-27(11-8-25)30-13-14-34-21-33(30)41-23-26-9-12-32-31(19-26)36(16-18-39-32)15-4-17-38-2/h3,5-12,19-20,30,33-34H,4,13-18,21-23H2,1-2H3,(H,35,37). The van der Waals surface area contributed by atoms with E-state index in [0.29, 0.717) is 25.7 Å². The van der Waals surface area contributed by atoms with E-state index < -0.39 is 0 Å². The Morgan fingerprint density at radius 2 is 1.93 bits per heavy atom. The number of hydrogen-bond donors (Lipinski definition) is 2. The minimum absolute atomic E-state index is 0.0902. The van der Waals surface area contributed by atoms with Crippen molar-refractivity contribution >= 4 is 17.3 Å². The zero-order valence-corrected chi connectivity index (χ0v) is 24.1. The van der Waals surface area contributed by atoms with E-state index in [1.54, 1.807) is 7.11 Å². The first-order valence-corrected chi connectivity index (χ1v) is 14.5. The number of amides is 1. The van der Waals surface area contributed by atoms with Crippen LogP contribution in [0, 0.1) is 0 Å². The number of nitrogens with zero attached hydrogens (tertiary/aromatic N) is 1. The molecule has 8 heteroatoms. The molecule has 3 aromatic carbocycles. The molecule has 2 aliphatic heterocycles. The number of carbonyl (C=O) groups excluding carboxylic acids is 1. The topological polar surface area (TPSA) is 81.3 Å². The van der Waals surface area contributed by atoms with Gasteiger partial charge >= 0.3 is 0 Å². The molecular formula is C33H41N3O5. The van der Waals surface area contributed by atoms with Gasteiger partial charge in [0.25, 0.3) is 0 Å². The Hall–Kier alpha value is -3.59. The SMILES string of the molecule is COCCCN1CCOc2ccc(COC3CNCCC3c3ccc(COc4cccc(NC(C)=O)c4)cc3)cc21. The maximum absolute atomic E-state index is 11.3. The number of carbonyl (C=O) groups is 1. The van der Waals surface area contributed by atoms with E-state index in [2.05, 4.69) is 58.0 Å². The van der Waals surface area contributed by atoms with Crippen LogP contribution >= 0.6 is 0 Å². The van der Waals surface area contributed by atoms with Crippen LogP contribution in [0.4, 0.5) is 11.4 Å². The number of benzene rings is 3. The van der Waals surface area contributed by atoms with Gasteiger partial charge < -0.3 is 34.5 Å². The highest BCUT2D eigenvalue weighted by Gasteiger charge is 2.27. The van der Waals surface area contributed by atoms with Crippen molar-refractivity contribution in [1.29, 1.82) is 0 Å². The number of rotatable bonds is 12. The van der Waals surface area contributed by atoms with Crippen LogP contribution in [0.2, 0.25) is 0 Å². The van der Waals surface area contributed by atoms with E-state index in [1.165, 1.54) is 12.5 Å². The third kappa shape index (κ3) is 8.00.